The average Bonchev–Trinajstić information content (AvgIpc) is 2.76. The van der Waals surface area contributed by atoms with Crippen molar-refractivity contribution in [3.63, 3.8) is 0 Å². The maximum absolute atomic E-state index is 10.9. The molecule has 1 amide bonds. The van der Waals surface area contributed by atoms with Crippen LogP contribution in [0.3, 0.4) is 0 Å². The van der Waals surface area contributed by atoms with Crippen LogP contribution in [-0.4, -0.2) is 23.7 Å². The molecule has 98 valence electrons. The molecule has 4 nitrogen and oxygen atoms in total. The molecule has 0 aromatic heterocycles. The second-order valence-corrected chi connectivity index (χ2v) is 5.02. The van der Waals surface area contributed by atoms with Gasteiger partial charge in [0.1, 0.15) is 0 Å². The lowest BCUT2D eigenvalue weighted by Crippen LogP contribution is -2.21. The molecule has 4 N–H and O–H groups in total. The third-order valence-electron chi connectivity index (χ3n) is 3.51. The second-order valence-electron chi connectivity index (χ2n) is 5.02. The lowest BCUT2D eigenvalue weighted by atomic mass is 10.1. The Morgan fingerprint density at radius 2 is 2.06 bits per heavy atom. The van der Waals surface area contributed by atoms with Crippen molar-refractivity contribution < 1.29 is 9.90 Å². The van der Waals surface area contributed by atoms with E-state index in [4.69, 9.17) is 5.73 Å². The first-order chi connectivity index (χ1) is 8.65. The van der Waals surface area contributed by atoms with Crippen LogP contribution in [0.4, 0.5) is 0 Å². The topological polar surface area (TPSA) is 75.4 Å². The summed E-state index contributed by atoms with van der Waals surface area (Å²) in [6, 6.07) is 7.32. The number of nitrogens with one attached hydrogen (secondary N) is 1. The predicted molar refractivity (Wildman–Crippen MR) is 70.0 cm³/mol. The van der Waals surface area contributed by atoms with Crippen LogP contribution in [0.2, 0.25) is 0 Å². The number of aliphatic hydroxyl groups is 1. The second kappa shape index (κ2) is 5.98. The monoisotopic (exact) mass is 248 g/mol. The summed E-state index contributed by atoms with van der Waals surface area (Å²) in [5, 5.41) is 12.8. The fourth-order valence-corrected chi connectivity index (χ4v) is 2.44. The summed E-state index contributed by atoms with van der Waals surface area (Å²) in [4.78, 5) is 10.9. The molecule has 0 saturated heterocycles. The third-order valence-corrected chi connectivity index (χ3v) is 3.51. The molecule has 2 rings (SSSR count). The van der Waals surface area contributed by atoms with Crippen molar-refractivity contribution in [2.75, 3.05) is 6.54 Å². The molecular formula is C14H20N2O2. The summed E-state index contributed by atoms with van der Waals surface area (Å²) < 4.78 is 0. The molecule has 0 radical (unpaired) electrons. The van der Waals surface area contributed by atoms with Gasteiger partial charge in [0.15, 0.2) is 0 Å². The van der Waals surface area contributed by atoms with Gasteiger partial charge in [-0.1, -0.05) is 12.1 Å². The number of amides is 1. The number of hydrogen-bond donors (Lipinski definition) is 3. The molecule has 1 fully saturated rings. The van der Waals surface area contributed by atoms with E-state index in [1.54, 1.807) is 12.1 Å². The highest BCUT2D eigenvalue weighted by Crippen LogP contribution is 2.24. The molecule has 1 saturated carbocycles. The lowest BCUT2D eigenvalue weighted by molar-refractivity contribution is 0.100. The van der Waals surface area contributed by atoms with Gasteiger partial charge in [-0.25, -0.2) is 0 Å². The molecule has 1 aliphatic rings. The highest BCUT2D eigenvalue weighted by atomic mass is 16.3. The quantitative estimate of drug-likeness (QED) is 0.728. The van der Waals surface area contributed by atoms with Gasteiger partial charge in [0, 0.05) is 12.1 Å². The van der Waals surface area contributed by atoms with Crippen LogP contribution in [0, 0.1) is 5.92 Å². The first-order valence-electron chi connectivity index (χ1n) is 6.42. The SMILES string of the molecule is NC(=O)c1ccc(CNCC2CCC(O)C2)cc1. The summed E-state index contributed by atoms with van der Waals surface area (Å²) in [5.74, 6) is 0.194. The molecule has 2 atom stereocenters. The van der Waals surface area contributed by atoms with Gasteiger partial charge in [0.25, 0.3) is 0 Å². The first kappa shape index (κ1) is 13.1. The van der Waals surface area contributed by atoms with Crippen molar-refractivity contribution in [1.82, 2.24) is 5.32 Å². The Morgan fingerprint density at radius 3 is 2.61 bits per heavy atom. The molecule has 1 aliphatic carbocycles. The molecule has 0 aliphatic heterocycles. The van der Waals surface area contributed by atoms with Gasteiger partial charge in [0.2, 0.25) is 5.91 Å². The van der Waals surface area contributed by atoms with E-state index in [1.807, 2.05) is 12.1 Å². The first-order valence-corrected chi connectivity index (χ1v) is 6.42. The Bertz CT molecular complexity index is 403. The smallest absolute Gasteiger partial charge is 0.248 e. The van der Waals surface area contributed by atoms with Crippen molar-refractivity contribution in [2.45, 2.75) is 31.9 Å². The van der Waals surface area contributed by atoms with Crippen molar-refractivity contribution in [1.29, 1.82) is 0 Å². The van der Waals surface area contributed by atoms with Gasteiger partial charge in [-0.15, -0.1) is 0 Å². The summed E-state index contributed by atoms with van der Waals surface area (Å²) >= 11 is 0. The Morgan fingerprint density at radius 1 is 1.33 bits per heavy atom. The van der Waals surface area contributed by atoms with E-state index in [2.05, 4.69) is 5.32 Å². The number of nitrogens with two attached hydrogens (primary N) is 1. The number of benzene rings is 1. The zero-order valence-corrected chi connectivity index (χ0v) is 10.4. The van der Waals surface area contributed by atoms with E-state index in [0.717, 1.165) is 37.9 Å². The lowest BCUT2D eigenvalue weighted by Gasteiger charge is -2.10. The third kappa shape index (κ3) is 3.55. The summed E-state index contributed by atoms with van der Waals surface area (Å²) in [5.41, 5.74) is 6.86. The fourth-order valence-electron chi connectivity index (χ4n) is 2.44. The minimum Gasteiger partial charge on any atom is -0.393 e. The molecule has 2 unspecified atom stereocenters. The van der Waals surface area contributed by atoms with Crippen molar-refractivity contribution in [3.8, 4) is 0 Å². The minimum absolute atomic E-state index is 0.105. The molecule has 18 heavy (non-hydrogen) atoms. The van der Waals surface area contributed by atoms with Gasteiger partial charge < -0.3 is 16.2 Å². The van der Waals surface area contributed by atoms with Crippen LogP contribution in [0.15, 0.2) is 24.3 Å². The summed E-state index contributed by atoms with van der Waals surface area (Å²) in [7, 11) is 0. The van der Waals surface area contributed by atoms with E-state index in [-0.39, 0.29) is 6.10 Å². The number of carbonyl (C=O) groups is 1. The van der Waals surface area contributed by atoms with E-state index >= 15 is 0 Å². The molecule has 0 bridgehead atoms. The van der Waals surface area contributed by atoms with E-state index < -0.39 is 5.91 Å². The van der Waals surface area contributed by atoms with Crippen LogP contribution >= 0.6 is 0 Å². The van der Waals surface area contributed by atoms with Crippen LogP contribution in [0.25, 0.3) is 0 Å². The van der Waals surface area contributed by atoms with E-state index in [1.165, 1.54) is 0 Å². The highest BCUT2D eigenvalue weighted by molar-refractivity contribution is 5.92. The largest absolute Gasteiger partial charge is 0.393 e. The van der Waals surface area contributed by atoms with E-state index in [0.29, 0.717) is 11.5 Å². The van der Waals surface area contributed by atoms with Crippen molar-refractivity contribution in [3.05, 3.63) is 35.4 Å². The maximum atomic E-state index is 10.9. The van der Waals surface area contributed by atoms with Gasteiger partial charge in [0.05, 0.1) is 6.10 Å². The van der Waals surface area contributed by atoms with Crippen LogP contribution in [0.1, 0.15) is 35.2 Å². The predicted octanol–water partition coefficient (Wildman–Crippen LogP) is 1.04. The maximum Gasteiger partial charge on any atom is 0.248 e. The fraction of sp³-hybridized carbons (Fsp3) is 0.500. The van der Waals surface area contributed by atoms with Crippen LogP contribution < -0.4 is 11.1 Å². The van der Waals surface area contributed by atoms with Gasteiger partial charge in [-0.05, 0) is 49.4 Å². The van der Waals surface area contributed by atoms with Crippen molar-refractivity contribution in [2.24, 2.45) is 11.7 Å². The van der Waals surface area contributed by atoms with E-state index in [9.17, 15) is 9.90 Å². The number of aliphatic hydroxyl groups excluding tert-OH is 1. The molecule has 0 spiro atoms. The summed E-state index contributed by atoms with van der Waals surface area (Å²) in [6.45, 7) is 1.72. The zero-order chi connectivity index (χ0) is 13.0. The Labute approximate surface area is 107 Å². The van der Waals surface area contributed by atoms with Crippen molar-refractivity contribution >= 4 is 5.91 Å². The zero-order valence-electron chi connectivity index (χ0n) is 10.4. The standard InChI is InChI=1S/C14H20N2O2/c15-14(18)12-4-1-10(2-5-12)8-16-9-11-3-6-13(17)7-11/h1-2,4-5,11,13,16-17H,3,6-9H2,(H2,15,18). The van der Waals surface area contributed by atoms with Gasteiger partial charge in [-0.3, -0.25) is 4.79 Å². The summed E-state index contributed by atoms with van der Waals surface area (Å²) in [6.07, 6.45) is 2.84. The van der Waals surface area contributed by atoms with Gasteiger partial charge in [-0.2, -0.15) is 0 Å². The molecule has 1 aromatic carbocycles. The normalized spacial score (nSPS) is 23.2. The van der Waals surface area contributed by atoms with Crippen LogP contribution in [-0.2, 0) is 6.54 Å². The molecule has 1 aromatic rings. The molecule has 4 heteroatoms. The number of rotatable bonds is 5. The van der Waals surface area contributed by atoms with Crippen LogP contribution in [0.5, 0.6) is 0 Å². The number of hydrogen-bond acceptors (Lipinski definition) is 3. The Balaban J connectivity index is 1.75. The van der Waals surface area contributed by atoms with Gasteiger partial charge >= 0.3 is 0 Å². The molecular weight excluding hydrogens is 228 g/mol. The highest BCUT2D eigenvalue weighted by Gasteiger charge is 2.21. The Kier molecular flexibility index (Phi) is 4.33. The molecule has 0 heterocycles. The number of primary amides is 1. The Hall–Kier alpha value is -1.39. The average molecular weight is 248 g/mol. The number of carbonyl (C=O) groups excluding carboxylic acids is 1. The minimum atomic E-state index is -0.394.